The summed E-state index contributed by atoms with van der Waals surface area (Å²) in [6.07, 6.45) is 4.63. The molecule has 0 spiro atoms. The molecule has 2 aromatic heterocycles. The van der Waals surface area contributed by atoms with Gasteiger partial charge in [-0.25, -0.2) is 4.98 Å². The summed E-state index contributed by atoms with van der Waals surface area (Å²) in [5, 5.41) is 5.99. The second kappa shape index (κ2) is 8.62. The van der Waals surface area contributed by atoms with Crippen LogP contribution in [0.5, 0.6) is 5.75 Å². The second-order valence-corrected chi connectivity index (χ2v) is 7.26. The minimum absolute atomic E-state index is 0.214. The zero-order valence-corrected chi connectivity index (χ0v) is 16.7. The van der Waals surface area contributed by atoms with Gasteiger partial charge in [-0.1, -0.05) is 23.5 Å². The van der Waals surface area contributed by atoms with Crippen LogP contribution in [-0.2, 0) is 4.79 Å². The summed E-state index contributed by atoms with van der Waals surface area (Å²) in [6.45, 7) is 0. The molecule has 2 N–H and O–H groups in total. The monoisotopic (exact) mass is 419 g/mol. The largest absolute Gasteiger partial charge is 0.497 e. The minimum atomic E-state index is -0.365. The van der Waals surface area contributed by atoms with E-state index in [2.05, 4.69) is 15.6 Å². The van der Waals surface area contributed by atoms with Gasteiger partial charge in [-0.3, -0.25) is 14.9 Å². The Morgan fingerprint density at radius 2 is 1.93 bits per heavy atom. The number of nitrogens with zero attached hydrogens (tertiary/aromatic N) is 1. The van der Waals surface area contributed by atoms with Gasteiger partial charge in [0.05, 0.1) is 23.6 Å². The van der Waals surface area contributed by atoms with Crippen molar-refractivity contribution < 1.29 is 18.7 Å². The van der Waals surface area contributed by atoms with Crippen molar-refractivity contribution in [2.24, 2.45) is 0 Å². The molecule has 8 heteroatoms. The smallest absolute Gasteiger partial charge is 0.293 e. The molecule has 30 heavy (non-hydrogen) atoms. The molecule has 150 valence electrons. The van der Waals surface area contributed by atoms with E-state index in [4.69, 9.17) is 9.15 Å². The molecule has 0 aliphatic heterocycles. The zero-order chi connectivity index (χ0) is 20.9. The lowest BCUT2D eigenvalue weighted by atomic mass is 10.2. The third-order valence-electron chi connectivity index (χ3n) is 4.16. The number of fused-ring (bicyclic) bond motifs is 1. The first-order valence-electron chi connectivity index (χ1n) is 8.99. The first-order valence-corrected chi connectivity index (χ1v) is 9.81. The van der Waals surface area contributed by atoms with E-state index in [0.717, 1.165) is 21.5 Å². The molecule has 0 aliphatic carbocycles. The number of benzene rings is 2. The van der Waals surface area contributed by atoms with Gasteiger partial charge >= 0.3 is 0 Å². The van der Waals surface area contributed by atoms with Crippen LogP contribution in [0, 0.1) is 0 Å². The Balaban J connectivity index is 1.42. The minimum Gasteiger partial charge on any atom is -0.497 e. The standard InChI is InChI=1S/C22H17N3O4S/c1-28-16-8-4-14(5-9-16)6-11-20(26)23-15-7-10-17-19(13-15)30-22(24-17)25-21(27)18-3-2-12-29-18/h2-13H,1H3,(H,23,26)(H,24,25,27)/b11-6+. The normalized spacial score (nSPS) is 11.0. The Morgan fingerprint density at radius 3 is 2.67 bits per heavy atom. The maximum absolute atomic E-state index is 12.2. The molecule has 2 heterocycles. The summed E-state index contributed by atoms with van der Waals surface area (Å²) in [5.74, 6) is 0.359. The van der Waals surface area contributed by atoms with E-state index < -0.39 is 0 Å². The zero-order valence-electron chi connectivity index (χ0n) is 15.9. The van der Waals surface area contributed by atoms with Crippen LogP contribution in [0.3, 0.4) is 0 Å². The second-order valence-electron chi connectivity index (χ2n) is 6.23. The Hall–Kier alpha value is -3.91. The quantitative estimate of drug-likeness (QED) is 0.438. The van der Waals surface area contributed by atoms with Crippen LogP contribution in [0.25, 0.3) is 16.3 Å². The highest BCUT2D eigenvalue weighted by atomic mass is 32.1. The number of methoxy groups -OCH3 is 1. The molecule has 2 aromatic carbocycles. The summed E-state index contributed by atoms with van der Waals surface area (Å²) in [4.78, 5) is 28.7. The SMILES string of the molecule is COc1ccc(/C=C/C(=O)Nc2ccc3nc(NC(=O)c4ccco4)sc3c2)cc1. The fraction of sp³-hybridized carbons (Fsp3) is 0.0455. The molecule has 0 unspecified atom stereocenters. The van der Waals surface area contributed by atoms with E-state index >= 15 is 0 Å². The third-order valence-corrected chi connectivity index (χ3v) is 5.10. The predicted molar refractivity (Wildman–Crippen MR) is 117 cm³/mol. The van der Waals surface area contributed by atoms with E-state index in [0.29, 0.717) is 10.8 Å². The van der Waals surface area contributed by atoms with Gasteiger partial charge in [0.15, 0.2) is 10.9 Å². The highest BCUT2D eigenvalue weighted by Crippen LogP contribution is 2.28. The van der Waals surface area contributed by atoms with Crippen molar-refractivity contribution >= 4 is 50.3 Å². The third kappa shape index (κ3) is 4.56. The first-order chi connectivity index (χ1) is 14.6. The summed E-state index contributed by atoms with van der Waals surface area (Å²) >= 11 is 1.31. The molecule has 0 saturated heterocycles. The average molecular weight is 419 g/mol. The lowest BCUT2D eigenvalue weighted by molar-refractivity contribution is -0.111. The van der Waals surface area contributed by atoms with Crippen LogP contribution in [0.2, 0.25) is 0 Å². The number of carbonyl (C=O) groups is 2. The summed E-state index contributed by atoms with van der Waals surface area (Å²) < 4.78 is 11.0. The number of rotatable bonds is 6. The fourth-order valence-corrected chi connectivity index (χ4v) is 3.59. The number of ether oxygens (including phenoxy) is 1. The molecule has 0 saturated carbocycles. The number of furan rings is 1. The number of hydrogen-bond acceptors (Lipinski definition) is 6. The van der Waals surface area contributed by atoms with Crippen LogP contribution < -0.4 is 15.4 Å². The number of hydrogen-bond donors (Lipinski definition) is 2. The number of nitrogens with one attached hydrogen (secondary N) is 2. The number of amides is 2. The number of anilines is 2. The molecule has 0 aliphatic rings. The van der Waals surface area contributed by atoms with Crippen molar-refractivity contribution in [3.63, 3.8) is 0 Å². The number of carbonyl (C=O) groups excluding carboxylic acids is 2. The van der Waals surface area contributed by atoms with Crippen LogP contribution >= 0.6 is 11.3 Å². The molecule has 4 rings (SSSR count). The van der Waals surface area contributed by atoms with Crippen LogP contribution in [-0.4, -0.2) is 23.9 Å². The van der Waals surface area contributed by atoms with Gasteiger partial charge < -0.3 is 14.5 Å². The van der Waals surface area contributed by atoms with Crippen molar-refractivity contribution in [2.75, 3.05) is 17.7 Å². The van der Waals surface area contributed by atoms with E-state index in [9.17, 15) is 9.59 Å². The molecule has 2 amide bonds. The average Bonchev–Trinajstić information content (AvgIpc) is 3.42. The lowest BCUT2D eigenvalue weighted by Gasteiger charge is -2.02. The van der Waals surface area contributed by atoms with E-state index in [1.807, 2.05) is 30.3 Å². The molecule has 0 bridgehead atoms. The number of thiazole rings is 1. The van der Waals surface area contributed by atoms with Crippen molar-refractivity contribution in [1.29, 1.82) is 0 Å². The van der Waals surface area contributed by atoms with Gasteiger partial charge in [0.25, 0.3) is 5.91 Å². The molecule has 4 aromatic rings. The van der Waals surface area contributed by atoms with Gasteiger partial charge in [-0.2, -0.15) is 0 Å². The van der Waals surface area contributed by atoms with E-state index in [1.165, 1.54) is 23.7 Å². The first kappa shape index (κ1) is 19.4. The fourth-order valence-electron chi connectivity index (χ4n) is 2.69. The van der Waals surface area contributed by atoms with Crippen molar-refractivity contribution in [3.05, 3.63) is 78.3 Å². The lowest BCUT2D eigenvalue weighted by Crippen LogP contribution is -2.10. The maximum Gasteiger partial charge on any atom is 0.293 e. The van der Waals surface area contributed by atoms with Crippen molar-refractivity contribution in [1.82, 2.24) is 4.98 Å². The Kier molecular flexibility index (Phi) is 5.58. The topological polar surface area (TPSA) is 93.5 Å². The summed E-state index contributed by atoms with van der Waals surface area (Å²) in [6, 6.07) is 16.0. The van der Waals surface area contributed by atoms with Gasteiger partial charge in [-0.15, -0.1) is 0 Å². The van der Waals surface area contributed by atoms with Gasteiger partial charge in [-0.05, 0) is 54.1 Å². The Bertz CT molecular complexity index is 1210. The highest BCUT2D eigenvalue weighted by Gasteiger charge is 2.12. The van der Waals surface area contributed by atoms with Gasteiger partial charge in [0.1, 0.15) is 5.75 Å². The van der Waals surface area contributed by atoms with Crippen molar-refractivity contribution in [2.45, 2.75) is 0 Å². The maximum atomic E-state index is 12.2. The predicted octanol–water partition coefficient (Wildman–Crippen LogP) is 4.80. The summed E-state index contributed by atoms with van der Waals surface area (Å²) in [5.41, 5.74) is 2.25. The van der Waals surface area contributed by atoms with Gasteiger partial charge in [0, 0.05) is 11.8 Å². The molecular formula is C22H17N3O4S. The molecular weight excluding hydrogens is 402 g/mol. The molecule has 7 nitrogen and oxygen atoms in total. The van der Waals surface area contributed by atoms with E-state index in [1.54, 1.807) is 37.5 Å². The van der Waals surface area contributed by atoms with Crippen LogP contribution in [0.15, 0.2) is 71.4 Å². The van der Waals surface area contributed by atoms with E-state index in [-0.39, 0.29) is 17.6 Å². The van der Waals surface area contributed by atoms with Crippen LogP contribution in [0.4, 0.5) is 10.8 Å². The van der Waals surface area contributed by atoms with Crippen LogP contribution in [0.1, 0.15) is 16.1 Å². The molecule has 0 atom stereocenters. The van der Waals surface area contributed by atoms with Gasteiger partial charge in [0.2, 0.25) is 5.91 Å². The Morgan fingerprint density at radius 1 is 1.10 bits per heavy atom. The highest BCUT2D eigenvalue weighted by molar-refractivity contribution is 7.22. The molecule has 0 fully saturated rings. The van der Waals surface area contributed by atoms with Crippen molar-refractivity contribution in [3.8, 4) is 5.75 Å². The molecule has 0 radical (unpaired) electrons. The number of aromatic nitrogens is 1. The Labute approximate surface area is 176 Å². The summed E-state index contributed by atoms with van der Waals surface area (Å²) in [7, 11) is 1.61.